The first-order valence-electron chi connectivity index (χ1n) is 15.9. The van der Waals surface area contributed by atoms with Gasteiger partial charge in [-0.2, -0.15) is 0 Å². The zero-order chi connectivity index (χ0) is 34.1. The third kappa shape index (κ3) is 7.61. The van der Waals surface area contributed by atoms with E-state index in [1.807, 2.05) is 97.1 Å². The maximum atomic E-state index is 14.7. The van der Waals surface area contributed by atoms with Crippen LogP contribution >= 0.6 is 15.9 Å². The zero-order valence-corrected chi connectivity index (χ0v) is 28.2. The highest BCUT2D eigenvalue weighted by Crippen LogP contribution is 2.44. The molecule has 0 spiro atoms. The Bertz CT molecular complexity index is 2010. The molecule has 1 aliphatic rings. The van der Waals surface area contributed by atoms with E-state index >= 15 is 0 Å². The molecule has 0 fully saturated rings. The molecule has 5 aromatic carbocycles. The number of fused-ring (bicyclic) bond motifs is 1. The largest absolute Gasteiger partial charge is 0.494 e. The third-order valence-corrected chi connectivity index (χ3v) is 9.22. The number of nitrogens with zero attached hydrogens (tertiary/aromatic N) is 4. The summed E-state index contributed by atoms with van der Waals surface area (Å²) in [6.45, 7) is 0.890. The molecule has 0 saturated heterocycles. The summed E-state index contributed by atoms with van der Waals surface area (Å²) >= 11 is 3.68. The second-order valence-corrected chi connectivity index (χ2v) is 12.4. The number of aliphatic imine (C=N–C) groups is 1. The van der Waals surface area contributed by atoms with Crippen molar-refractivity contribution in [3.05, 3.63) is 158 Å². The second-order valence-electron chi connectivity index (χ2n) is 11.6. The van der Waals surface area contributed by atoms with E-state index in [0.717, 1.165) is 31.9 Å². The number of ether oxygens (including phenoxy) is 2. The van der Waals surface area contributed by atoms with Gasteiger partial charge < -0.3 is 14.6 Å². The van der Waals surface area contributed by atoms with Crippen LogP contribution in [-0.4, -0.2) is 35.7 Å². The molecule has 0 radical (unpaired) electrons. The van der Waals surface area contributed by atoms with Crippen LogP contribution in [0.4, 0.5) is 0 Å². The van der Waals surface area contributed by atoms with Gasteiger partial charge in [0, 0.05) is 40.9 Å². The van der Waals surface area contributed by atoms with Crippen LogP contribution in [0.1, 0.15) is 40.3 Å². The average Bonchev–Trinajstić information content (AvgIpc) is 3.52. The van der Waals surface area contributed by atoms with E-state index in [4.69, 9.17) is 25.1 Å². The number of amides is 1. The molecular formula is C38H35BrN6O4. The van der Waals surface area contributed by atoms with Crippen LogP contribution in [0, 0.1) is 0 Å². The number of benzene rings is 5. The van der Waals surface area contributed by atoms with Gasteiger partial charge in [0.15, 0.2) is 11.6 Å². The van der Waals surface area contributed by atoms with Gasteiger partial charge in [-0.25, -0.2) is 10.4 Å². The molecule has 10 nitrogen and oxygen atoms in total. The molecule has 248 valence electrons. The first kappa shape index (κ1) is 33.7. The highest BCUT2D eigenvalue weighted by Gasteiger charge is 2.54. The van der Waals surface area contributed by atoms with Gasteiger partial charge in [0.2, 0.25) is 5.90 Å². The van der Waals surface area contributed by atoms with E-state index in [9.17, 15) is 4.79 Å². The van der Waals surface area contributed by atoms with Gasteiger partial charge >= 0.3 is 0 Å². The number of rotatable bonds is 14. The Kier molecular flexibility index (Phi) is 10.9. The molecule has 5 aromatic rings. The predicted molar refractivity (Wildman–Crippen MR) is 193 cm³/mol. The Morgan fingerprint density at radius 2 is 1.65 bits per heavy atom. The minimum atomic E-state index is -1.48. The number of aliphatic hydroxyl groups is 1. The highest BCUT2D eigenvalue weighted by atomic mass is 79.9. The number of carbonyl (C=O) groups excluding carboxylic acids is 1. The van der Waals surface area contributed by atoms with Gasteiger partial charge in [-0.15, -0.1) is 0 Å². The molecule has 0 bridgehead atoms. The lowest BCUT2D eigenvalue weighted by molar-refractivity contribution is -0.130. The van der Waals surface area contributed by atoms with E-state index < -0.39 is 11.6 Å². The molecule has 0 saturated carbocycles. The van der Waals surface area contributed by atoms with Crippen LogP contribution in [0.3, 0.4) is 0 Å². The summed E-state index contributed by atoms with van der Waals surface area (Å²) in [7, 11) is 0. The maximum absolute atomic E-state index is 14.7. The number of azide groups is 1. The molecule has 3 N–H and O–H groups in total. The minimum Gasteiger partial charge on any atom is -0.494 e. The van der Waals surface area contributed by atoms with Crippen molar-refractivity contribution in [3.8, 4) is 5.75 Å². The summed E-state index contributed by atoms with van der Waals surface area (Å²) in [6.07, 6.45) is -0.155. The molecule has 49 heavy (non-hydrogen) atoms. The number of hydrogen-bond acceptors (Lipinski definition) is 7. The van der Waals surface area contributed by atoms with Gasteiger partial charge in [0.05, 0.1) is 13.2 Å². The molecular weight excluding hydrogens is 684 g/mol. The summed E-state index contributed by atoms with van der Waals surface area (Å²) in [5.74, 6) is 0.551. The highest BCUT2D eigenvalue weighted by molar-refractivity contribution is 9.10. The van der Waals surface area contributed by atoms with E-state index in [2.05, 4.69) is 55.0 Å². The van der Waals surface area contributed by atoms with E-state index in [-0.39, 0.29) is 25.5 Å². The molecule has 1 amide bonds. The summed E-state index contributed by atoms with van der Waals surface area (Å²) in [4.78, 5) is 22.8. The van der Waals surface area contributed by atoms with Crippen LogP contribution in [0.5, 0.6) is 5.75 Å². The number of carbonyl (C=O) groups is 1. The van der Waals surface area contributed by atoms with Crippen molar-refractivity contribution in [1.82, 2.24) is 10.9 Å². The fraction of sp³-hybridized carbons (Fsp3) is 0.211. The monoisotopic (exact) mass is 718 g/mol. The Hall–Kier alpha value is -5.19. The molecule has 0 unspecified atom stereocenters. The van der Waals surface area contributed by atoms with E-state index in [1.54, 1.807) is 0 Å². The standard InChI is InChI=1S/C38H35BrN6O4/c39-34-16-6-3-10-28(34)23-38(37(47)44-41-24-29-13-7-12-26-9-1-4-14-32(26)29)35(33-15-5-2-11-30(33)25-42-45-40)49-36(43-38)27-17-19-31(20-18-27)48-22-8-21-46/h1-7,9-20,35,41,46H,8,21-25H2,(H,44,47)/t35-,38-/m0/s1. The molecule has 1 heterocycles. The summed E-state index contributed by atoms with van der Waals surface area (Å²) in [6, 6.07) is 36.7. The lowest BCUT2D eigenvalue weighted by Gasteiger charge is -2.32. The molecule has 1 aliphatic heterocycles. The SMILES string of the molecule is [N-]=[N+]=NCc1ccccc1[C@@H]1OC(c2ccc(OCCCO)cc2)=N[C@]1(Cc1ccccc1Br)C(=O)NNCc1cccc2ccccc12. The Morgan fingerprint density at radius 1 is 0.939 bits per heavy atom. The van der Waals surface area contributed by atoms with Gasteiger partial charge in [0.1, 0.15) is 5.75 Å². The van der Waals surface area contributed by atoms with Gasteiger partial charge in [-0.1, -0.05) is 106 Å². The van der Waals surface area contributed by atoms with Crippen LogP contribution in [0.15, 0.2) is 130 Å². The van der Waals surface area contributed by atoms with Crippen molar-refractivity contribution in [2.75, 3.05) is 13.2 Å². The number of hydrogen-bond donors (Lipinski definition) is 3. The molecule has 0 aromatic heterocycles. The average molecular weight is 720 g/mol. The van der Waals surface area contributed by atoms with Crippen molar-refractivity contribution in [2.24, 2.45) is 10.1 Å². The predicted octanol–water partition coefficient (Wildman–Crippen LogP) is 7.49. The summed E-state index contributed by atoms with van der Waals surface area (Å²) < 4.78 is 13.3. The number of nitrogens with one attached hydrogen (secondary N) is 2. The topological polar surface area (TPSA) is 141 Å². The number of halogens is 1. The molecule has 11 heteroatoms. The van der Waals surface area contributed by atoms with Crippen LogP contribution < -0.4 is 15.6 Å². The first-order chi connectivity index (χ1) is 24.0. The summed E-state index contributed by atoms with van der Waals surface area (Å²) in [5, 5.41) is 15.1. The fourth-order valence-corrected chi connectivity index (χ4v) is 6.43. The van der Waals surface area contributed by atoms with Crippen LogP contribution in [-0.2, 0) is 29.0 Å². The first-order valence-corrected chi connectivity index (χ1v) is 16.7. The number of hydrazine groups is 1. The molecule has 0 aliphatic carbocycles. The van der Waals surface area contributed by atoms with Gasteiger partial charge in [-0.05, 0) is 68.9 Å². The Morgan fingerprint density at radius 3 is 2.45 bits per heavy atom. The lowest BCUT2D eigenvalue weighted by atomic mass is 9.80. The van der Waals surface area contributed by atoms with Crippen molar-refractivity contribution < 1.29 is 19.4 Å². The van der Waals surface area contributed by atoms with Crippen LogP contribution in [0.25, 0.3) is 21.2 Å². The molecule has 6 rings (SSSR count). The minimum absolute atomic E-state index is 0.0454. The van der Waals surface area contributed by atoms with Crippen molar-refractivity contribution in [3.63, 3.8) is 0 Å². The van der Waals surface area contributed by atoms with Crippen molar-refractivity contribution in [1.29, 1.82) is 0 Å². The normalized spacial score (nSPS) is 16.8. The van der Waals surface area contributed by atoms with Crippen molar-refractivity contribution >= 4 is 38.5 Å². The smallest absolute Gasteiger partial charge is 0.266 e. The third-order valence-electron chi connectivity index (χ3n) is 8.45. The van der Waals surface area contributed by atoms with Crippen molar-refractivity contribution in [2.45, 2.75) is 37.6 Å². The van der Waals surface area contributed by atoms with Gasteiger partial charge in [-0.3, -0.25) is 10.2 Å². The second kappa shape index (κ2) is 15.8. The van der Waals surface area contributed by atoms with Gasteiger partial charge in [0.25, 0.3) is 5.91 Å². The summed E-state index contributed by atoms with van der Waals surface area (Å²) in [5.41, 5.74) is 17.8. The van der Waals surface area contributed by atoms with E-state index in [1.165, 1.54) is 0 Å². The maximum Gasteiger partial charge on any atom is 0.266 e. The quantitative estimate of drug-likeness (QED) is 0.0359. The Labute approximate surface area is 292 Å². The zero-order valence-electron chi connectivity index (χ0n) is 26.6. The molecule has 2 atom stereocenters. The number of aliphatic hydroxyl groups excluding tert-OH is 1. The fourth-order valence-electron chi connectivity index (χ4n) is 6.01. The van der Waals surface area contributed by atoms with E-state index in [0.29, 0.717) is 42.3 Å². The lowest BCUT2D eigenvalue weighted by Crippen LogP contribution is -2.53. The van der Waals surface area contributed by atoms with Crippen LogP contribution in [0.2, 0.25) is 0 Å². The Balaban J connectivity index is 1.40.